The highest BCUT2D eigenvalue weighted by molar-refractivity contribution is 5.86. The van der Waals surface area contributed by atoms with Gasteiger partial charge in [0, 0.05) is 23.4 Å². The summed E-state index contributed by atoms with van der Waals surface area (Å²) in [5.74, 6) is 0.428. The molecule has 2 aromatic rings. The first-order valence-electron chi connectivity index (χ1n) is 8.06. The Kier molecular flexibility index (Phi) is 6.67. The molecule has 0 spiro atoms. The molecule has 8 nitrogen and oxygen atoms in total. The summed E-state index contributed by atoms with van der Waals surface area (Å²) in [5, 5.41) is 17.6. The van der Waals surface area contributed by atoms with Crippen molar-refractivity contribution in [2.75, 3.05) is 11.9 Å². The number of nitro benzene ring substituents is 1. The zero-order valence-corrected chi connectivity index (χ0v) is 14.5. The van der Waals surface area contributed by atoms with Gasteiger partial charge in [0.25, 0.3) is 11.6 Å². The van der Waals surface area contributed by atoms with Gasteiger partial charge in [-0.2, -0.15) is 5.10 Å². The molecule has 26 heavy (non-hydrogen) atoms. The van der Waals surface area contributed by atoms with Crippen LogP contribution in [0.15, 0.2) is 53.6 Å². The SMILES string of the molecule is CCOc1ccc(NC(C)C(=O)N/N=C/c2cccc([N+](=O)[O-])c2)cc1. The Bertz CT molecular complexity index is 790. The number of nitrogens with zero attached hydrogens (tertiary/aromatic N) is 2. The molecule has 0 saturated carbocycles. The molecule has 1 atom stereocenters. The van der Waals surface area contributed by atoms with Gasteiger partial charge in [-0.05, 0) is 38.1 Å². The first-order chi connectivity index (χ1) is 12.5. The molecule has 8 heteroatoms. The molecular formula is C18H20N4O4. The van der Waals surface area contributed by atoms with Gasteiger partial charge in [-0.15, -0.1) is 0 Å². The molecule has 2 N–H and O–H groups in total. The van der Waals surface area contributed by atoms with E-state index >= 15 is 0 Å². The number of carbonyl (C=O) groups is 1. The van der Waals surface area contributed by atoms with E-state index in [0.29, 0.717) is 12.2 Å². The zero-order valence-electron chi connectivity index (χ0n) is 14.5. The van der Waals surface area contributed by atoms with E-state index in [0.717, 1.165) is 11.4 Å². The van der Waals surface area contributed by atoms with Gasteiger partial charge >= 0.3 is 0 Å². The lowest BCUT2D eigenvalue weighted by Gasteiger charge is -2.13. The van der Waals surface area contributed by atoms with E-state index in [4.69, 9.17) is 4.74 Å². The monoisotopic (exact) mass is 356 g/mol. The molecular weight excluding hydrogens is 336 g/mol. The number of hydrazone groups is 1. The minimum Gasteiger partial charge on any atom is -0.494 e. The minimum absolute atomic E-state index is 0.0363. The quantitative estimate of drug-likeness (QED) is 0.430. The van der Waals surface area contributed by atoms with Crippen molar-refractivity contribution >= 4 is 23.5 Å². The Balaban J connectivity index is 1.88. The Morgan fingerprint density at radius 2 is 2.04 bits per heavy atom. The highest BCUT2D eigenvalue weighted by Crippen LogP contribution is 2.16. The summed E-state index contributed by atoms with van der Waals surface area (Å²) < 4.78 is 5.36. The predicted octanol–water partition coefficient (Wildman–Crippen LogP) is 2.94. The number of non-ortho nitro benzene ring substituents is 1. The fourth-order valence-electron chi connectivity index (χ4n) is 2.12. The molecule has 0 bridgehead atoms. The van der Waals surface area contributed by atoms with E-state index < -0.39 is 11.0 Å². The van der Waals surface area contributed by atoms with Gasteiger partial charge in [-0.3, -0.25) is 14.9 Å². The normalized spacial score (nSPS) is 11.8. The number of anilines is 1. The highest BCUT2D eigenvalue weighted by atomic mass is 16.6. The fourth-order valence-corrected chi connectivity index (χ4v) is 2.12. The van der Waals surface area contributed by atoms with Crippen LogP contribution in [-0.2, 0) is 4.79 Å². The van der Waals surface area contributed by atoms with Gasteiger partial charge in [-0.25, -0.2) is 5.43 Å². The van der Waals surface area contributed by atoms with E-state index in [1.165, 1.54) is 18.3 Å². The van der Waals surface area contributed by atoms with E-state index in [1.54, 1.807) is 19.1 Å². The number of hydrogen-bond acceptors (Lipinski definition) is 6. The maximum Gasteiger partial charge on any atom is 0.270 e. The number of nitro groups is 1. The molecule has 0 aliphatic heterocycles. The summed E-state index contributed by atoms with van der Waals surface area (Å²) >= 11 is 0. The van der Waals surface area contributed by atoms with Gasteiger partial charge in [-0.1, -0.05) is 12.1 Å². The smallest absolute Gasteiger partial charge is 0.270 e. The van der Waals surface area contributed by atoms with Crippen LogP contribution in [0.5, 0.6) is 5.75 Å². The topological polar surface area (TPSA) is 106 Å². The van der Waals surface area contributed by atoms with Crippen molar-refractivity contribution in [2.24, 2.45) is 5.10 Å². The van der Waals surface area contributed by atoms with Crippen LogP contribution >= 0.6 is 0 Å². The largest absolute Gasteiger partial charge is 0.494 e. The molecule has 136 valence electrons. The average molecular weight is 356 g/mol. The van der Waals surface area contributed by atoms with Gasteiger partial charge in [0.05, 0.1) is 17.7 Å². The third-order valence-electron chi connectivity index (χ3n) is 3.41. The van der Waals surface area contributed by atoms with Gasteiger partial charge in [0.15, 0.2) is 0 Å². The summed E-state index contributed by atoms with van der Waals surface area (Å²) in [5.41, 5.74) is 3.67. The molecule has 1 unspecified atom stereocenters. The molecule has 2 aromatic carbocycles. The molecule has 0 aromatic heterocycles. The lowest BCUT2D eigenvalue weighted by molar-refractivity contribution is -0.384. The molecule has 2 rings (SSSR count). The molecule has 0 aliphatic carbocycles. The van der Waals surface area contributed by atoms with Crippen LogP contribution in [0.3, 0.4) is 0 Å². The summed E-state index contributed by atoms with van der Waals surface area (Å²) in [6, 6.07) is 12.7. The lowest BCUT2D eigenvalue weighted by Crippen LogP contribution is -2.34. The second-order valence-corrected chi connectivity index (χ2v) is 5.41. The van der Waals surface area contributed by atoms with Crippen molar-refractivity contribution < 1.29 is 14.5 Å². The van der Waals surface area contributed by atoms with E-state index in [1.807, 2.05) is 31.2 Å². The van der Waals surface area contributed by atoms with Crippen LogP contribution in [0.1, 0.15) is 19.4 Å². The Morgan fingerprint density at radius 3 is 2.69 bits per heavy atom. The van der Waals surface area contributed by atoms with Crippen LogP contribution in [-0.4, -0.2) is 29.7 Å². The van der Waals surface area contributed by atoms with Crippen molar-refractivity contribution in [3.63, 3.8) is 0 Å². The summed E-state index contributed by atoms with van der Waals surface area (Å²) in [6.45, 7) is 4.20. The number of carbonyl (C=O) groups excluding carboxylic acids is 1. The molecule has 1 amide bonds. The first-order valence-corrected chi connectivity index (χ1v) is 8.06. The molecule has 0 fully saturated rings. The average Bonchev–Trinajstić information content (AvgIpc) is 2.63. The summed E-state index contributed by atoms with van der Waals surface area (Å²) in [6.07, 6.45) is 1.36. The van der Waals surface area contributed by atoms with Crippen LogP contribution < -0.4 is 15.5 Å². The number of benzene rings is 2. The van der Waals surface area contributed by atoms with Gasteiger partial charge < -0.3 is 10.1 Å². The number of ether oxygens (including phenoxy) is 1. The van der Waals surface area contributed by atoms with Crippen LogP contribution in [0, 0.1) is 10.1 Å². The van der Waals surface area contributed by atoms with Gasteiger partial charge in [0.2, 0.25) is 0 Å². The first kappa shape index (κ1) is 18.9. The predicted molar refractivity (Wildman–Crippen MR) is 99.5 cm³/mol. The van der Waals surface area contributed by atoms with Crippen molar-refractivity contribution in [1.29, 1.82) is 0 Å². The fraction of sp³-hybridized carbons (Fsp3) is 0.222. The Labute approximate surface area is 151 Å². The van der Waals surface area contributed by atoms with E-state index in [2.05, 4.69) is 15.8 Å². The Hall–Kier alpha value is -3.42. The van der Waals surface area contributed by atoms with Crippen molar-refractivity contribution in [3.8, 4) is 5.75 Å². The molecule has 0 saturated heterocycles. The molecule has 0 radical (unpaired) electrons. The zero-order chi connectivity index (χ0) is 18.9. The Morgan fingerprint density at radius 1 is 1.31 bits per heavy atom. The second kappa shape index (κ2) is 9.16. The third kappa shape index (κ3) is 5.59. The number of nitrogens with one attached hydrogen (secondary N) is 2. The van der Waals surface area contributed by atoms with E-state index in [9.17, 15) is 14.9 Å². The standard InChI is InChI=1S/C18H20N4O4/c1-3-26-17-9-7-15(8-10-17)20-13(2)18(23)21-19-12-14-5-4-6-16(11-14)22(24)25/h4-13,20H,3H2,1-2H3,(H,21,23)/b19-12+. The van der Waals surface area contributed by atoms with Crippen LogP contribution in [0.2, 0.25) is 0 Å². The van der Waals surface area contributed by atoms with Crippen molar-refractivity contribution in [1.82, 2.24) is 5.43 Å². The number of amides is 1. The second-order valence-electron chi connectivity index (χ2n) is 5.41. The molecule has 0 aliphatic rings. The minimum atomic E-state index is -0.518. The maximum absolute atomic E-state index is 12.1. The number of rotatable bonds is 8. The summed E-state index contributed by atoms with van der Waals surface area (Å²) in [7, 11) is 0. The van der Waals surface area contributed by atoms with Crippen molar-refractivity contribution in [2.45, 2.75) is 19.9 Å². The highest BCUT2D eigenvalue weighted by Gasteiger charge is 2.11. The maximum atomic E-state index is 12.1. The lowest BCUT2D eigenvalue weighted by atomic mass is 10.2. The number of hydrogen-bond donors (Lipinski definition) is 2. The third-order valence-corrected chi connectivity index (χ3v) is 3.41. The van der Waals surface area contributed by atoms with Crippen LogP contribution in [0.4, 0.5) is 11.4 Å². The van der Waals surface area contributed by atoms with E-state index in [-0.39, 0.29) is 11.6 Å². The summed E-state index contributed by atoms with van der Waals surface area (Å²) in [4.78, 5) is 22.3. The van der Waals surface area contributed by atoms with Gasteiger partial charge in [0.1, 0.15) is 11.8 Å². The molecule has 0 heterocycles. The van der Waals surface area contributed by atoms with Crippen molar-refractivity contribution in [3.05, 3.63) is 64.2 Å². The van der Waals surface area contributed by atoms with Crippen LogP contribution in [0.25, 0.3) is 0 Å².